The van der Waals surface area contributed by atoms with E-state index in [-0.39, 0.29) is 22.0 Å². The largest absolute Gasteiger partial charge is 0.326 e. The lowest BCUT2D eigenvalue weighted by molar-refractivity contribution is 0.226. The minimum atomic E-state index is -3.88. The van der Waals surface area contributed by atoms with Gasteiger partial charge in [-0.15, -0.1) is 0 Å². The number of halogens is 2. The van der Waals surface area contributed by atoms with Crippen molar-refractivity contribution in [3.05, 3.63) is 29.0 Å². The summed E-state index contributed by atoms with van der Waals surface area (Å²) in [5.41, 5.74) is 5.87. The van der Waals surface area contributed by atoms with Crippen molar-refractivity contribution in [3.8, 4) is 0 Å². The normalized spacial score (nSPS) is 22.7. The third-order valence-corrected chi connectivity index (χ3v) is 5.78. The van der Waals surface area contributed by atoms with Gasteiger partial charge in [-0.05, 0) is 38.0 Å². The van der Waals surface area contributed by atoms with Crippen LogP contribution in [0.25, 0.3) is 0 Å². The molecule has 2 N–H and O–H groups in total. The van der Waals surface area contributed by atoms with E-state index in [0.29, 0.717) is 13.0 Å². The SMILES string of the molecule is CC(N)C1CCCCN1S(=O)(=O)c1ccc(Cl)cc1F. The summed E-state index contributed by atoms with van der Waals surface area (Å²) >= 11 is 5.66. The average molecular weight is 321 g/mol. The first kappa shape index (κ1) is 15.7. The molecular formula is C13H18ClFN2O2S. The molecule has 2 rings (SSSR count). The smallest absolute Gasteiger partial charge is 0.246 e. The van der Waals surface area contributed by atoms with Gasteiger partial charge >= 0.3 is 0 Å². The Morgan fingerprint density at radius 3 is 2.75 bits per heavy atom. The molecule has 1 aliphatic rings. The van der Waals surface area contributed by atoms with E-state index < -0.39 is 15.8 Å². The lowest BCUT2D eigenvalue weighted by atomic mass is 10.00. The summed E-state index contributed by atoms with van der Waals surface area (Å²) in [7, 11) is -3.88. The predicted octanol–water partition coefficient (Wildman–Crippen LogP) is 2.37. The molecule has 1 aromatic carbocycles. The van der Waals surface area contributed by atoms with Crippen LogP contribution in [0.15, 0.2) is 23.1 Å². The Balaban J connectivity index is 2.42. The average Bonchev–Trinajstić information content (AvgIpc) is 2.38. The standard InChI is InChI=1S/C13H18ClFN2O2S/c1-9(16)12-4-2-3-7-17(12)20(18,19)13-6-5-10(14)8-11(13)15/h5-6,8-9,12H,2-4,7,16H2,1H3. The minimum absolute atomic E-state index is 0.170. The summed E-state index contributed by atoms with van der Waals surface area (Å²) in [4.78, 5) is -0.338. The quantitative estimate of drug-likeness (QED) is 0.930. The van der Waals surface area contributed by atoms with Crippen LogP contribution in [0.4, 0.5) is 4.39 Å². The molecule has 1 fully saturated rings. The lowest BCUT2D eigenvalue weighted by Gasteiger charge is -2.36. The van der Waals surface area contributed by atoms with E-state index in [1.54, 1.807) is 6.92 Å². The number of benzene rings is 1. The van der Waals surface area contributed by atoms with E-state index in [2.05, 4.69) is 0 Å². The maximum absolute atomic E-state index is 13.9. The number of hydrogen-bond acceptors (Lipinski definition) is 3. The second-order valence-corrected chi connectivity index (χ2v) is 7.41. The highest BCUT2D eigenvalue weighted by molar-refractivity contribution is 7.89. The lowest BCUT2D eigenvalue weighted by Crippen LogP contribution is -2.51. The number of hydrogen-bond donors (Lipinski definition) is 1. The highest BCUT2D eigenvalue weighted by Gasteiger charge is 2.36. The number of nitrogens with two attached hydrogens (primary N) is 1. The van der Waals surface area contributed by atoms with Crippen molar-refractivity contribution in [1.82, 2.24) is 4.31 Å². The minimum Gasteiger partial charge on any atom is -0.326 e. The molecule has 112 valence electrons. The van der Waals surface area contributed by atoms with E-state index >= 15 is 0 Å². The van der Waals surface area contributed by atoms with Gasteiger partial charge < -0.3 is 5.73 Å². The van der Waals surface area contributed by atoms with Crippen molar-refractivity contribution < 1.29 is 12.8 Å². The third-order valence-electron chi connectivity index (χ3n) is 3.59. The molecule has 20 heavy (non-hydrogen) atoms. The second kappa shape index (κ2) is 5.97. The van der Waals surface area contributed by atoms with Gasteiger partial charge in [0.15, 0.2) is 0 Å². The van der Waals surface area contributed by atoms with Crippen LogP contribution in [0.3, 0.4) is 0 Å². The zero-order valence-electron chi connectivity index (χ0n) is 11.2. The molecule has 7 heteroatoms. The summed E-state index contributed by atoms with van der Waals surface area (Å²) < 4.78 is 40.5. The van der Waals surface area contributed by atoms with Crippen molar-refractivity contribution in [2.75, 3.05) is 6.54 Å². The Hall–Kier alpha value is -0.690. The molecule has 1 aromatic rings. The van der Waals surface area contributed by atoms with Crippen molar-refractivity contribution in [1.29, 1.82) is 0 Å². The molecule has 0 aromatic heterocycles. The second-order valence-electron chi connectivity index (χ2n) is 5.11. The van der Waals surface area contributed by atoms with Gasteiger partial charge in [0, 0.05) is 23.7 Å². The number of sulfonamides is 1. The van der Waals surface area contributed by atoms with E-state index in [1.807, 2.05) is 0 Å². The molecule has 0 radical (unpaired) electrons. The van der Waals surface area contributed by atoms with E-state index in [0.717, 1.165) is 18.9 Å². The van der Waals surface area contributed by atoms with Crippen molar-refractivity contribution in [3.63, 3.8) is 0 Å². The molecule has 0 aliphatic carbocycles. The zero-order valence-corrected chi connectivity index (χ0v) is 12.8. The van der Waals surface area contributed by atoms with Crippen LogP contribution in [-0.4, -0.2) is 31.4 Å². The molecule has 1 heterocycles. The molecule has 0 bridgehead atoms. The van der Waals surface area contributed by atoms with E-state index in [4.69, 9.17) is 17.3 Å². The fraction of sp³-hybridized carbons (Fsp3) is 0.538. The summed E-state index contributed by atoms with van der Waals surface area (Å²) in [6.07, 6.45) is 2.39. The van der Waals surface area contributed by atoms with Gasteiger partial charge in [0.2, 0.25) is 10.0 Å². The van der Waals surface area contributed by atoms with Crippen LogP contribution in [0.1, 0.15) is 26.2 Å². The predicted molar refractivity (Wildman–Crippen MR) is 76.6 cm³/mol. The summed E-state index contributed by atoms with van der Waals surface area (Å²) in [5, 5.41) is 0.170. The number of piperidine rings is 1. The van der Waals surface area contributed by atoms with Crippen molar-refractivity contribution >= 4 is 21.6 Å². The van der Waals surface area contributed by atoms with Crippen LogP contribution in [0, 0.1) is 5.82 Å². The van der Waals surface area contributed by atoms with Gasteiger partial charge in [0.25, 0.3) is 0 Å². The molecule has 1 saturated heterocycles. The van der Waals surface area contributed by atoms with Gasteiger partial charge in [-0.3, -0.25) is 0 Å². The van der Waals surface area contributed by atoms with Crippen LogP contribution in [0.5, 0.6) is 0 Å². The van der Waals surface area contributed by atoms with Crippen molar-refractivity contribution in [2.45, 2.75) is 43.2 Å². The van der Waals surface area contributed by atoms with Gasteiger partial charge in [-0.25, -0.2) is 12.8 Å². The fourth-order valence-electron chi connectivity index (χ4n) is 2.57. The van der Waals surface area contributed by atoms with Crippen LogP contribution in [-0.2, 0) is 10.0 Å². The molecule has 0 saturated carbocycles. The topological polar surface area (TPSA) is 63.4 Å². The third kappa shape index (κ3) is 2.98. The maximum Gasteiger partial charge on any atom is 0.246 e. The van der Waals surface area contributed by atoms with Gasteiger partial charge in [-0.2, -0.15) is 4.31 Å². The molecular weight excluding hydrogens is 303 g/mol. The maximum atomic E-state index is 13.9. The Morgan fingerprint density at radius 1 is 1.45 bits per heavy atom. The van der Waals surface area contributed by atoms with Crippen molar-refractivity contribution in [2.24, 2.45) is 5.73 Å². The Labute approximate surface area is 123 Å². The Bertz CT molecular complexity index is 592. The van der Waals surface area contributed by atoms with Crippen LogP contribution in [0.2, 0.25) is 5.02 Å². The summed E-state index contributed by atoms with van der Waals surface area (Å²) in [5.74, 6) is -0.827. The Morgan fingerprint density at radius 2 is 2.15 bits per heavy atom. The van der Waals surface area contributed by atoms with E-state index in [1.165, 1.54) is 16.4 Å². The highest BCUT2D eigenvalue weighted by atomic mass is 35.5. The molecule has 4 nitrogen and oxygen atoms in total. The summed E-state index contributed by atoms with van der Waals surface area (Å²) in [6.45, 7) is 2.15. The Kier molecular flexibility index (Phi) is 4.69. The molecule has 0 spiro atoms. The fourth-order valence-corrected chi connectivity index (χ4v) is 4.55. The number of nitrogens with zero attached hydrogens (tertiary/aromatic N) is 1. The summed E-state index contributed by atoms with van der Waals surface area (Å²) in [6, 6.07) is 3.02. The first-order chi connectivity index (χ1) is 9.34. The highest BCUT2D eigenvalue weighted by Crippen LogP contribution is 2.28. The molecule has 2 unspecified atom stereocenters. The van der Waals surface area contributed by atoms with Crippen LogP contribution < -0.4 is 5.73 Å². The van der Waals surface area contributed by atoms with Crippen LogP contribution >= 0.6 is 11.6 Å². The number of rotatable bonds is 3. The van der Waals surface area contributed by atoms with Gasteiger partial charge in [0.1, 0.15) is 10.7 Å². The monoisotopic (exact) mass is 320 g/mol. The molecule has 2 atom stereocenters. The van der Waals surface area contributed by atoms with Gasteiger partial charge in [-0.1, -0.05) is 18.0 Å². The first-order valence-corrected chi connectivity index (χ1v) is 8.38. The molecule has 0 amide bonds. The van der Waals surface area contributed by atoms with E-state index in [9.17, 15) is 12.8 Å². The zero-order chi connectivity index (χ0) is 14.9. The first-order valence-electron chi connectivity index (χ1n) is 6.56. The van der Waals surface area contributed by atoms with Gasteiger partial charge in [0.05, 0.1) is 0 Å². The molecule has 1 aliphatic heterocycles.